The fraction of sp³-hybridized carbons (Fsp3) is 0.480. The molecule has 0 aromatic heterocycles. The second-order valence-electron chi connectivity index (χ2n) is 8.54. The van der Waals surface area contributed by atoms with E-state index in [2.05, 4.69) is 45.3 Å². The van der Waals surface area contributed by atoms with Crippen LogP contribution in [0.25, 0.3) is 0 Å². The van der Waals surface area contributed by atoms with Crippen molar-refractivity contribution in [3.05, 3.63) is 64.1 Å². The molecule has 166 valence electrons. The number of nitrogens with zero attached hydrogens (tertiary/aromatic N) is 1. The minimum atomic E-state index is 0.0846. The summed E-state index contributed by atoms with van der Waals surface area (Å²) in [4.78, 5) is 14.9. The van der Waals surface area contributed by atoms with Gasteiger partial charge in [-0.25, -0.2) is 0 Å². The second kappa shape index (κ2) is 10.6. The van der Waals surface area contributed by atoms with Crippen LogP contribution in [0.2, 0.25) is 0 Å². The molecule has 0 radical (unpaired) electrons. The summed E-state index contributed by atoms with van der Waals surface area (Å²) < 4.78 is 12.5. The predicted octanol–water partition coefficient (Wildman–Crippen LogP) is 4.36. The quantitative estimate of drug-likeness (QED) is 0.571. The summed E-state index contributed by atoms with van der Waals surface area (Å²) in [5.41, 5.74) is 2.30. The molecule has 2 fully saturated rings. The maximum atomic E-state index is 12.5. The van der Waals surface area contributed by atoms with Crippen LogP contribution < -0.4 is 10.1 Å². The van der Waals surface area contributed by atoms with Crippen LogP contribution in [0.4, 0.5) is 0 Å². The Morgan fingerprint density at radius 1 is 1.19 bits per heavy atom. The Hall–Kier alpha value is -1.89. The number of nitrogens with one attached hydrogen (secondary N) is 1. The van der Waals surface area contributed by atoms with Crippen LogP contribution in [0, 0.1) is 5.92 Å². The second-order valence-corrected chi connectivity index (χ2v) is 9.45. The van der Waals surface area contributed by atoms with Crippen molar-refractivity contribution in [3.8, 4) is 5.75 Å². The van der Waals surface area contributed by atoms with Gasteiger partial charge in [0.25, 0.3) is 0 Å². The summed E-state index contributed by atoms with van der Waals surface area (Å²) in [5.74, 6) is 1.42. The average molecular weight is 487 g/mol. The van der Waals surface area contributed by atoms with Crippen molar-refractivity contribution in [1.82, 2.24) is 10.2 Å². The van der Waals surface area contributed by atoms with Crippen LogP contribution in [0.5, 0.6) is 5.75 Å². The van der Waals surface area contributed by atoms with E-state index in [1.54, 1.807) is 0 Å². The zero-order valence-electron chi connectivity index (χ0n) is 18.1. The maximum Gasteiger partial charge on any atom is 0.224 e. The lowest BCUT2D eigenvalue weighted by molar-refractivity contribution is -0.122. The Bertz CT molecular complexity index is 867. The number of benzene rings is 2. The van der Waals surface area contributed by atoms with E-state index in [1.807, 2.05) is 36.4 Å². The molecule has 2 aromatic carbocycles. The summed E-state index contributed by atoms with van der Waals surface area (Å²) in [5, 5.41) is 3.09. The monoisotopic (exact) mass is 486 g/mol. The number of carbonyl (C=O) groups is 1. The van der Waals surface area contributed by atoms with Crippen molar-refractivity contribution in [2.75, 3.05) is 33.4 Å². The van der Waals surface area contributed by atoms with Gasteiger partial charge in [0.2, 0.25) is 5.91 Å². The zero-order chi connectivity index (χ0) is 21.6. The third-order valence-corrected chi connectivity index (χ3v) is 6.85. The van der Waals surface area contributed by atoms with Crippen LogP contribution in [0.1, 0.15) is 36.3 Å². The smallest absolute Gasteiger partial charge is 0.224 e. The lowest BCUT2D eigenvalue weighted by Gasteiger charge is -2.31. The van der Waals surface area contributed by atoms with Crippen LogP contribution in [-0.4, -0.2) is 50.3 Å². The highest BCUT2D eigenvalue weighted by Crippen LogP contribution is 2.47. The van der Waals surface area contributed by atoms with E-state index < -0.39 is 0 Å². The van der Waals surface area contributed by atoms with Gasteiger partial charge >= 0.3 is 0 Å². The summed E-state index contributed by atoms with van der Waals surface area (Å²) >= 11 is 3.46. The number of rotatable bonds is 9. The number of amides is 1. The normalized spacial score (nSPS) is 21.1. The van der Waals surface area contributed by atoms with Gasteiger partial charge in [0, 0.05) is 42.7 Å². The topological polar surface area (TPSA) is 50.8 Å². The fourth-order valence-electron chi connectivity index (χ4n) is 4.24. The van der Waals surface area contributed by atoms with E-state index >= 15 is 0 Å². The number of likely N-dealkylation sites (N-methyl/N-ethyl adjacent to an activating group) is 1. The van der Waals surface area contributed by atoms with Crippen molar-refractivity contribution >= 4 is 21.8 Å². The van der Waals surface area contributed by atoms with Crippen molar-refractivity contribution < 1.29 is 14.3 Å². The van der Waals surface area contributed by atoms with Crippen LogP contribution >= 0.6 is 15.9 Å². The molecular formula is C25H31BrN2O3. The molecule has 1 amide bonds. The number of carbonyl (C=O) groups excluding carboxylic acids is 1. The minimum Gasteiger partial charge on any atom is -0.492 e. The third kappa shape index (κ3) is 6.31. The standard InChI is InChI=1S/C25H31BrN2O3/c1-28(21-9-12-30-13-10-21)11-14-31-22-4-2-3-18(15-22)17-27-25(29)24-16-23(24)19-5-7-20(26)8-6-19/h2-8,15,21,23-24H,9-14,16-17H2,1H3,(H,27,29). The Labute approximate surface area is 193 Å². The van der Waals surface area contributed by atoms with E-state index in [0.717, 1.165) is 54.8 Å². The zero-order valence-corrected chi connectivity index (χ0v) is 19.6. The summed E-state index contributed by atoms with van der Waals surface area (Å²) in [7, 11) is 2.16. The first-order valence-electron chi connectivity index (χ1n) is 11.1. The molecule has 5 nitrogen and oxygen atoms in total. The molecule has 31 heavy (non-hydrogen) atoms. The van der Waals surface area contributed by atoms with Crippen molar-refractivity contribution in [3.63, 3.8) is 0 Å². The van der Waals surface area contributed by atoms with Gasteiger partial charge in [-0.05, 0) is 67.6 Å². The largest absolute Gasteiger partial charge is 0.492 e. The lowest BCUT2D eigenvalue weighted by Crippen LogP contribution is -2.38. The van der Waals surface area contributed by atoms with Gasteiger partial charge in [-0.15, -0.1) is 0 Å². The molecule has 1 saturated carbocycles. The molecule has 0 bridgehead atoms. The van der Waals surface area contributed by atoms with Crippen LogP contribution in [0.15, 0.2) is 53.0 Å². The molecule has 2 aliphatic rings. The summed E-state index contributed by atoms with van der Waals surface area (Å²) in [6.07, 6.45) is 3.11. The first-order valence-corrected chi connectivity index (χ1v) is 11.9. The first kappa shape index (κ1) is 22.3. The minimum absolute atomic E-state index is 0.0846. The molecule has 2 unspecified atom stereocenters. The molecule has 0 spiro atoms. The molecular weight excluding hydrogens is 456 g/mol. The fourth-order valence-corrected chi connectivity index (χ4v) is 4.51. The van der Waals surface area contributed by atoms with Gasteiger partial charge in [0.1, 0.15) is 12.4 Å². The first-order chi connectivity index (χ1) is 15.1. The third-order valence-electron chi connectivity index (χ3n) is 6.32. The van der Waals surface area contributed by atoms with Gasteiger partial charge in [-0.1, -0.05) is 40.2 Å². The van der Waals surface area contributed by atoms with Crippen LogP contribution in [-0.2, 0) is 16.1 Å². The van der Waals surface area contributed by atoms with Gasteiger partial charge in [-0.3, -0.25) is 9.69 Å². The molecule has 1 saturated heterocycles. The average Bonchev–Trinajstić information content (AvgIpc) is 3.60. The summed E-state index contributed by atoms with van der Waals surface area (Å²) in [6, 6.07) is 16.9. The van der Waals surface area contributed by atoms with Gasteiger partial charge in [0.15, 0.2) is 0 Å². The highest BCUT2D eigenvalue weighted by Gasteiger charge is 2.43. The number of ether oxygens (including phenoxy) is 2. The Balaban J connectivity index is 1.20. The number of hydrogen-bond acceptors (Lipinski definition) is 4. The van der Waals surface area contributed by atoms with Crippen molar-refractivity contribution in [2.45, 2.75) is 37.8 Å². The van der Waals surface area contributed by atoms with E-state index in [-0.39, 0.29) is 11.8 Å². The van der Waals surface area contributed by atoms with Gasteiger partial charge < -0.3 is 14.8 Å². The molecule has 2 atom stereocenters. The number of hydrogen-bond donors (Lipinski definition) is 1. The highest BCUT2D eigenvalue weighted by molar-refractivity contribution is 9.10. The highest BCUT2D eigenvalue weighted by atomic mass is 79.9. The Morgan fingerprint density at radius 3 is 2.74 bits per heavy atom. The molecule has 1 aliphatic carbocycles. The molecule has 1 N–H and O–H groups in total. The summed E-state index contributed by atoms with van der Waals surface area (Å²) in [6.45, 7) is 3.79. The van der Waals surface area contributed by atoms with E-state index in [0.29, 0.717) is 25.1 Å². The number of halogens is 1. The molecule has 1 heterocycles. The van der Waals surface area contributed by atoms with E-state index in [1.165, 1.54) is 5.56 Å². The van der Waals surface area contributed by atoms with E-state index in [9.17, 15) is 4.79 Å². The SMILES string of the molecule is CN(CCOc1cccc(CNC(=O)C2CC2c2ccc(Br)cc2)c1)C1CCOCC1. The Kier molecular flexibility index (Phi) is 7.64. The van der Waals surface area contributed by atoms with Crippen molar-refractivity contribution in [2.24, 2.45) is 5.92 Å². The lowest BCUT2D eigenvalue weighted by atomic mass is 10.1. The van der Waals surface area contributed by atoms with Crippen LogP contribution in [0.3, 0.4) is 0 Å². The van der Waals surface area contributed by atoms with Gasteiger partial charge in [0.05, 0.1) is 0 Å². The van der Waals surface area contributed by atoms with Crippen molar-refractivity contribution in [1.29, 1.82) is 0 Å². The Morgan fingerprint density at radius 2 is 1.97 bits per heavy atom. The molecule has 6 heteroatoms. The molecule has 4 rings (SSSR count). The van der Waals surface area contributed by atoms with Gasteiger partial charge in [-0.2, -0.15) is 0 Å². The predicted molar refractivity (Wildman–Crippen MR) is 125 cm³/mol. The molecule has 2 aromatic rings. The van der Waals surface area contributed by atoms with E-state index in [4.69, 9.17) is 9.47 Å². The molecule has 1 aliphatic heterocycles. The maximum absolute atomic E-state index is 12.5.